The molecule has 0 aliphatic heterocycles. The second-order valence-corrected chi connectivity index (χ2v) is 12.6. The van der Waals surface area contributed by atoms with Crippen LogP contribution >= 0.6 is 0 Å². The van der Waals surface area contributed by atoms with Gasteiger partial charge in [0.2, 0.25) is 0 Å². The third-order valence-corrected chi connectivity index (χ3v) is 10.0. The number of rotatable bonds is 1. The van der Waals surface area contributed by atoms with Gasteiger partial charge in [0.25, 0.3) is 0 Å². The van der Waals surface area contributed by atoms with Gasteiger partial charge in [-0.25, -0.2) is 0 Å². The van der Waals surface area contributed by atoms with Crippen LogP contribution in [0.25, 0.3) is 49.7 Å². The fraction of sp³-hybridized carbons (Fsp3) is 0.150. The molecule has 1 nitrogen and oxygen atoms in total. The van der Waals surface area contributed by atoms with Crippen LogP contribution in [-0.4, -0.2) is 4.57 Å². The quantitative estimate of drug-likeness (QED) is 0.201. The van der Waals surface area contributed by atoms with Crippen LogP contribution in [0.3, 0.4) is 0 Å². The normalized spacial score (nSPS) is 19.1. The minimum atomic E-state index is -0.0424. The van der Waals surface area contributed by atoms with Crippen molar-refractivity contribution in [3.8, 4) is 27.9 Å². The van der Waals surface area contributed by atoms with Crippen molar-refractivity contribution in [2.75, 3.05) is 0 Å². The smallest absolute Gasteiger partial charge is 0.0544 e. The van der Waals surface area contributed by atoms with Crippen molar-refractivity contribution in [2.24, 2.45) is 0 Å². The monoisotopic (exact) mass is 525 g/mol. The number of nitrogens with zero attached hydrogens (tertiary/aromatic N) is 1. The van der Waals surface area contributed by atoms with Crippen molar-refractivity contribution in [1.82, 2.24) is 4.57 Å². The van der Waals surface area contributed by atoms with Crippen molar-refractivity contribution < 1.29 is 0 Å². The lowest BCUT2D eigenvalue weighted by Gasteiger charge is -2.34. The molecule has 0 radical (unpaired) electrons. The fourth-order valence-corrected chi connectivity index (χ4v) is 7.99. The third kappa shape index (κ3) is 3.01. The minimum absolute atomic E-state index is 0.0424. The summed E-state index contributed by atoms with van der Waals surface area (Å²) in [5.41, 5.74) is 16.2. The Morgan fingerprint density at radius 2 is 1.20 bits per heavy atom. The van der Waals surface area contributed by atoms with Crippen molar-refractivity contribution in [3.05, 3.63) is 149 Å². The van der Waals surface area contributed by atoms with Gasteiger partial charge >= 0.3 is 0 Å². The number of hydrogen-bond donors (Lipinski definition) is 0. The Labute approximate surface area is 241 Å². The molecule has 1 heterocycles. The summed E-state index contributed by atoms with van der Waals surface area (Å²) in [7, 11) is 0. The zero-order valence-corrected chi connectivity index (χ0v) is 23.6. The number of allylic oxidation sites excluding steroid dienone is 4. The van der Waals surface area contributed by atoms with Crippen LogP contribution in [0.1, 0.15) is 53.5 Å². The Kier molecular flexibility index (Phi) is 4.50. The molecule has 41 heavy (non-hydrogen) atoms. The average Bonchev–Trinajstić information content (AvgIpc) is 3.44. The molecular formula is C40H31N. The summed E-state index contributed by atoms with van der Waals surface area (Å²) in [5, 5.41) is 2.65. The first-order chi connectivity index (χ1) is 20.0. The molecule has 196 valence electrons. The van der Waals surface area contributed by atoms with Crippen LogP contribution in [0.2, 0.25) is 0 Å². The van der Waals surface area contributed by atoms with E-state index in [2.05, 4.69) is 147 Å². The molecule has 3 aliphatic rings. The van der Waals surface area contributed by atoms with Crippen LogP contribution in [0.4, 0.5) is 0 Å². The number of fused-ring (bicyclic) bond motifs is 12. The summed E-state index contributed by atoms with van der Waals surface area (Å²) in [6, 6.07) is 37.0. The van der Waals surface area contributed by atoms with E-state index in [4.69, 9.17) is 0 Å². The zero-order valence-electron chi connectivity index (χ0n) is 23.6. The van der Waals surface area contributed by atoms with Crippen molar-refractivity contribution in [1.29, 1.82) is 0 Å². The van der Waals surface area contributed by atoms with Crippen LogP contribution < -0.4 is 0 Å². The lowest BCUT2D eigenvalue weighted by atomic mass is 9.70. The maximum Gasteiger partial charge on any atom is 0.0544 e. The third-order valence-electron chi connectivity index (χ3n) is 10.0. The van der Waals surface area contributed by atoms with Crippen LogP contribution in [0.15, 0.2) is 121 Å². The molecule has 2 unspecified atom stereocenters. The number of benzene rings is 5. The van der Waals surface area contributed by atoms with E-state index < -0.39 is 0 Å². The van der Waals surface area contributed by atoms with Gasteiger partial charge in [0.1, 0.15) is 0 Å². The maximum atomic E-state index is 2.52. The average molecular weight is 526 g/mol. The molecule has 9 rings (SSSR count). The molecule has 0 amide bonds. The summed E-state index contributed by atoms with van der Waals surface area (Å²) in [6.45, 7) is 6.92. The molecule has 1 heteroatoms. The van der Waals surface area contributed by atoms with E-state index in [0.717, 1.165) is 0 Å². The van der Waals surface area contributed by atoms with Gasteiger partial charge in [0.05, 0.1) is 11.0 Å². The van der Waals surface area contributed by atoms with Gasteiger partial charge in [0, 0.05) is 33.7 Å². The first-order valence-corrected chi connectivity index (χ1v) is 14.8. The van der Waals surface area contributed by atoms with Gasteiger partial charge in [-0.3, -0.25) is 0 Å². The van der Waals surface area contributed by atoms with E-state index in [9.17, 15) is 0 Å². The second kappa shape index (κ2) is 7.98. The molecular weight excluding hydrogens is 494 g/mol. The van der Waals surface area contributed by atoms with E-state index in [1.807, 2.05) is 0 Å². The van der Waals surface area contributed by atoms with E-state index in [-0.39, 0.29) is 5.41 Å². The molecule has 0 saturated heterocycles. The predicted molar refractivity (Wildman–Crippen MR) is 172 cm³/mol. The Balaban J connectivity index is 1.43. The predicted octanol–water partition coefficient (Wildman–Crippen LogP) is 10.4. The lowest BCUT2D eigenvalue weighted by molar-refractivity contribution is 0.661. The highest BCUT2D eigenvalue weighted by Crippen LogP contribution is 2.54. The van der Waals surface area contributed by atoms with E-state index in [1.165, 1.54) is 77.6 Å². The molecule has 0 spiro atoms. The van der Waals surface area contributed by atoms with Crippen molar-refractivity contribution in [3.63, 3.8) is 0 Å². The lowest BCUT2D eigenvalue weighted by Crippen LogP contribution is -2.16. The van der Waals surface area contributed by atoms with E-state index in [0.29, 0.717) is 11.8 Å². The van der Waals surface area contributed by atoms with Crippen molar-refractivity contribution in [2.45, 2.75) is 38.0 Å². The van der Waals surface area contributed by atoms with Gasteiger partial charge in [-0.1, -0.05) is 104 Å². The summed E-state index contributed by atoms with van der Waals surface area (Å²) in [6.07, 6.45) is 9.23. The maximum absolute atomic E-state index is 2.52. The van der Waals surface area contributed by atoms with Crippen LogP contribution in [0.5, 0.6) is 0 Å². The summed E-state index contributed by atoms with van der Waals surface area (Å²) in [4.78, 5) is 0. The molecule has 0 bridgehead atoms. The highest BCUT2D eigenvalue weighted by Gasteiger charge is 2.37. The van der Waals surface area contributed by atoms with Gasteiger partial charge in [-0.2, -0.15) is 0 Å². The van der Waals surface area contributed by atoms with Gasteiger partial charge in [0.15, 0.2) is 0 Å². The highest BCUT2D eigenvalue weighted by atomic mass is 15.0. The standard InChI is InChI=1S/C40H31N/c1-24-16-18-25(19-17-24)41-38-22-32-29-13-7-5-11-27(29)26-10-4-6-12-28(26)31(32)20-34(38)35-21-33-30-14-8-9-15-36(30)40(2,3)37(33)23-39(35)41/h4-23,27,29H,1-3H3. The molecule has 5 aromatic carbocycles. The van der Waals surface area contributed by atoms with Crippen molar-refractivity contribution >= 4 is 21.8 Å². The van der Waals surface area contributed by atoms with Crippen LogP contribution in [-0.2, 0) is 5.41 Å². The Bertz CT molecular complexity index is 2130. The molecule has 0 saturated carbocycles. The fourth-order valence-electron chi connectivity index (χ4n) is 7.99. The van der Waals surface area contributed by atoms with E-state index in [1.54, 1.807) is 0 Å². The number of aromatic nitrogens is 1. The van der Waals surface area contributed by atoms with E-state index >= 15 is 0 Å². The van der Waals surface area contributed by atoms with Gasteiger partial charge < -0.3 is 4.57 Å². The molecule has 6 aromatic rings. The van der Waals surface area contributed by atoms with Gasteiger partial charge in [-0.05, 0) is 87.8 Å². The summed E-state index contributed by atoms with van der Waals surface area (Å²) >= 11 is 0. The molecule has 2 atom stereocenters. The highest BCUT2D eigenvalue weighted by molar-refractivity contribution is 6.13. The van der Waals surface area contributed by atoms with Crippen LogP contribution in [0, 0.1) is 6.92 Å². The zero-order chi connectivity index (χ0) is 27.5. The Morgan fingerprint density at radius 3 is 1.98 bits per heavy atom. The first-order valence-electron chi connectivity index (χ1n) is 14.8. The Hall–Kier alpha value is -4.62. The number of aryl methyl sites for hydroxylation is 1. The molecule has 1 aromatic heterocycles. The number of hydrogen-bond acceptors (Lipinski definition) is 0. The Morgan fingerprint density at radius 1 is 0.561 bits per heavy atom. The summed E-state index contributed by atoms with van der Waals surface area (Å²) < 4.78 is 2.52. The largest absolute Gasteiger partial charge is 0.309 e. The topological polar surface area (TPSA) is 4.93 Å². The SMILES string of the molecule is Cc1ccc(-n2c3cc4c(cc3c3cc5c(cc32)C(C)(C)c2ccccc2-5)-c2ccccc2C2C=CC=CC42)cc1. The first kappa shape index (κ1) is 23.1. The van der Waals surface area contributed by atoms with Gasteiger partial charge in [-0.15, -0.1) is 0 Å². The molecule has 0 N–H and O–H groups in total. The minimum Gasteiger partial charge on any atom is -0.309 e. The molecule has 3 aliphatic carbocycles. The second-order valence-electron chi connectivity index (χ2n) is 12.6. The summed E-state index contributed by atoms with van der Waals surface area (Å²) in [5.74, 6) is 0.717. The molecule has 0 fully saturated rings.